The third-order valence-corrected chi connectivity index (χ3v) is 3.22. The van der Waals surface area contributed by atoms with E-state index in [4.69, 9.17) is 0 Å². The van der Waals surface area contributed by atoms with Crippen LogP contribution in [0.4, 0.5) is 0 Å². The van der Waals surface area contributed by atoms with Gasteiger partial charge >= 0.3 is 0 Å². The summed E-state index contributed by atoms with van der Waals surface area (Å²) >= 11 is 0. The van der Waals surface area contributed by atoms with Gasteiger partial charge in [0, 0.05) is 0 Å². The average Bonchev–Trinajstić information content (AvgIpc) is 2.34. The van der Waals surface area contributed by atoms with Gasteiger partial charge < -0.3 is 5.11 Å². The molecule has 9 heavy (non-hydrogen) atoms. The van der Waals surface area contributed by atoms with E-state index in [1.54, 1.807) is 0 Å². The Morgan fingerprint density at radius 2 is 1.78 bits per heavy atom. The topological polar surface area (TPSA) is 20.2 Å². The van der Waals surface area contributed by atoms with E-state index < -0.39 is 0 Å². The van der Waals surface area contributed by atoms with E-state index in [9.17, 15) is 5.11 Å². The quantitative estimate of drug-likeness (QED) is 0.523. The van der Waals surface area contributed by atoms with E-state index in [1.807, 2.05) is 0 Å². The lowest BCUT2D eigenvalue weighted by molar-refractivity contribution is -0.0597. The molecule has 0 aromatic rings. The van der Waals surface area contributed by atoms with Crippen LogP contribution in [0, 0.1) is 5.41 Å². The maximum Gasteiger partial charge on any atom is 0.0596 e. The van der Waals surface area contributed by atoms with Gasteiger partial charge in [-0.1, -0.05) is 12.8 Å². The van der Waals surface area contributed by atoms with Crippen LogP contribution in [-0.4, -0.2) is 11.2 Å². The SMILES string of the molecule is O[C@H]1CCC12CCCC2. The molecule has 0 amide bonds. The van der Waals surface area contributed by atoms with Gasteiger partial charge in [0.2, 0.25) is 0 Å². The Kier molecular flexibility index (Phi) is 1.10. The molecule has 0 heterocycles. The van der Waals surface area contributed by atoms with Crippen molar-refractivity contribution in [1.29, 1.82) is 0 Å². The fourth-order valence-corrected chi connectivity index (χ4v) is 2.34. The molecule has 2 aliphatic rings. The lowest BCUT2D eigenvalue weighted by Gasteiger charge is -2.43. The summed E-state index contributed by atoms with van der Waals surface area (Å²) in [5.74, 6) is 0. The number of hydrogen-bond acceptors (Lipinski definition) is 1. The average molecular weight is 126 g/mol. The maximum absolute atomic E-state index is 9.40. The highest BCUT2D eigenvalue weighted by Gasteiger charge is 2.46. The van der Waals surface area contributed by atoms with Crippen LogP contribution in [0.1, 0.15) is 38.5 Å². The zero-order valence-electron chi connectivity index (χ0n) is 5.77. The standard InChI is InChI=1S/C8H14O/c9-7-3-6-8(7)4-1-2-5-8/h7,9H,1-6H2/t7-/m0/s1. The molecule has 0 radical (unpaired) electrons. The molecule has 1 spiro atoms. The molecule has 2 rings (SSSR count). The number of aliphatic hydroxyl groups excluding tert-OH is 1. The summed E-state index contributed by atoms with van der Waals surface area (Å²) in [6.07, 6.45) is 7.75. The second-order valence-corrected chi connectivity index (χ2v) is 3.62. The first-order valence-electron chi connectivity index (χ1n) is 4.02. The van der Waals surface area contributed by atoms with Crippen LogP contribution in [0.15, 0.2) is 0 Å². The second-order valence-electron chi connectivity index (χ2n) is 3.62. The third kappa shape index (κ3) is 0.644. The van der Waals surface area contributed by atoms with Gasteiger partial charge in [0.25, 0.3) is 0 Å². The molecule has 0 aromatic heterocycles. The van der Waals surface area contributed by atoms with Crippen LogP contribution in [-0.2, 0) is 0 Å². The highest BCUT2D eigenvalue weighted by Crippen LogP contribution is 2.52. The molecular weight excluding hydrogens is 112 g/mol. The molecular formula is C8H14O. The van der Waals surface area contributed by atoms with Crippen molar-refractivity contribution in [3.63, 3.8) is 0 Å². The van der Waals surface area contributed by atoms with Crippen molar-refractivity contribution in [2.75, 3.05) is 0 Å². The Morgan fingerprint density at radius 1 is 1.11 bits per heavy atom. The highest BCUT2D eigenvalue weighted by molar-refractivity contribution is 4.98. The smallest absolute Gasteiger partial charge is 0.0596 e. The fourth-order valence-electron chi connectivity index (χ4n) is 2.34. The van der Waals surface area contributed by atoms with Gasteiger partial charge in [-0.25, -0.2) is 0 Å². The summed E-state index contributed by atoms with van der Waals surface area (Å²) in [7, 11) is 0. The molecule has 1 nitrogen and oxygen atoms in total. The van der Waals surface area contributed by atoms with Gasteiger partial charge in [0.1, 0.15) is 0 Å². The molecule has 1 atom stereocenters. The number of rotatable bonds is 0. The number of hydrogen-bond donors (Lipinski definition) is 1. The summed E-state index contributed by atoms with van der Waals surface area (Å²) in [5.41, 5.74) is 0.431. The van der Waals surface area contributed by atoms with Crippen molar-refractivity contribution in [1.82, 2.24) is 0 Å². The minimum absolute atomic E-state index is 0.0694. The highest BCUT2D eigenvalue weighted by atomic mass is 16.3. The van der Waals surface area contributed by atoms with Crippen molar-refractivity contribution in [2.45, 2.75) is 44.6 Å². The Labute approximate surface area is 56.1 Å². The molecule has 52 valence electrons. The Balaban J connectivity index is 2.06. The lowest BCUT2D eigenvalue weighted by atomic mass is 9.65. The van der Waals surface area contributed by atoms with Gasteiger partial charge in [-0.05, 0) is 31.1 Å². The van der Waals surface area contributed by atoms with Crippen LogP contribution in [0.5, 0.6) is 0 Å². The molecule has 0 bridgehead atoms. The largest absolute Gasteiger partial charge is 0.393 e. The molecule has 0 saturated heterocycles. The van der Waals surface area contributed by atoms with Crippen molar-refractivity contribution in [3.8, 4) is 0 Å². The molecule has 0 unspecified atom stereocenters. The minimum Gasteiger partial charge on any atom is -0.393 e. The van der Waals surface area contributed by atoms with E-state index >= 15 is 0 Å². The molecule has 1 N–H and O–H groups in total. The summed E-state index contributed by atoms with van der Waals surface area (Å²) < 4.78 is 0. The van der Waals surface area contributed by atoms with Gasteiger partial charge in [0.05, 0.1) is 6.10 Å². The van der Waals surface area contributed by atoms with Crippen molar-refractivity contribution < 1.29 is 5.11 Å². The van der Waals surface area contributed by atoms with Gasteiger partial charge in [-0.3, -0.25) is 0 Å². The molecule has 2 saturated carbocycles. The Morgan fingerprint density at radius 3 is 2.00 bits per heavy atom. The lowest BCUT2D eigenvalue weighted by Crippen LogP contribution is -2.42. The van der Waals surface area contributed by atoms with Crippen molar-refractivity contribution >= 4 is 0 Å². The maximum atomic E-state index is 9.40. The predicted octanol–water partition coefficient (Wildman–Crippen LogP) is 1.70. The van der Waals surface area contributed by atoms with Gasteiger partial charge in [-0.15, -0.1) is 0 Å². The van der Waals surface area contributed by atoms with Crippen LogP contribution >= 0.6 is 0 Å². The molecule has 0 aliphatic heterocycles. The van der Waals surface area contributed by atoms with Crippen molar-refractivity contribution in [3.05, 3.63) is 0 Å². The Bertz CT molecular complexity index is 114. The van der Waals surface area contributed by atoms with E-state index in [1.165, 1.54) is 32.1 Å². The molecule has 2 aliphatic carbocycles. The Hall–Kier alpha value is -0.0400. The molecule has 0 aromatic carbocycles. The van der Waals surface area contributed by atoms with Crippen LogP contribution in [0.3, 0.4) is 0 Å². The zero-order valence-corrected chi connectivity index (χ0v) is 5.77. The normalized spacial score (nSPS) is 39.0. The van der Waals surface area contributed by atoms with E-state index in [0.717, 1.165) is 6.42 Å². The van der Waals surface area contributed by atoms with Crippen LogP contribution < -0.4 is 0 Å². The minimum atomic E-state index is 0.0694. The van der Waals surface area contributed by atoms with E-state index in [-0.39, 0.29) is 6.10 Å². The third-order valence-electron chi connectivity index (χ3n) is 3.22. The van der Waals surface area contributed by atoms with Crippen LogP contribution in [0.2, 0.25) is 0 Å². The monoisotopic (exact) mass is 126 g/mol. The van der Waals surface area contributed by atoms with E-state index in [0.29, 0.717) is 5.41 Å². The van der Waals surface area contributed by atoms with E-state index in [2.05, 4.69) is 0 Å². The van der Waals surface area contributed by atoms with Crippen molar-refractivity contribution in [2.24, 2.45) is 5.41 Å². The van der Waals surface area contributed by atoms with Gasteiger partial charge in [0.15, 0.2) is 0 Å². The predicted molar refractivity (Wildman–Crippen MR) is 36.1 cm³/mol. The van der Waals surface area contributed by atoms with Gasteiger partial charge in [-0.2, -0.15) is 0 Å². The molecule has 1 heteroatoms. The summed E-state index contributed by atoms with van der Waals surface area (Å²) in [5, 5.41) is 9.40. The summed E-state index contributed by atoms with van der Waals surface area (Å²) in [4.78, 5) is 0. The zero-order chi connectivity index (χ0) is 6.32. The van der Waals surface area contributed by atoms with Crippen LogP contribution in [0.25, 0.3) is 0 Å². The summed E-state index contributed by atoms with van der Waals surface area (Å²) in [6, 6.07) is 0. The first-order chi connectivity index (χ1) is 4.33. The molecule has 2 fully saturated rings. The summed E-state index contributed by atoms with van der Waals surface area (Å²) in [6.45, 7) is 0. The fraction of sp³-hybridized carbons (Fsp3) is 1.00. The second kappa shape index (κ2) is 1.72. The first kappa shape index (κ1) is 5.72. The first-order valence-corrected chi connectivity index (χ1v) is 4.02. The number of aliphatic hydroxyl groups is 1.